The van der Waals surface area contributed by atoms with Gasteiger partial charge in [0.2, 0.25) is 6.29 Å². The minimum absolute atomic E-state index is 0.0372. The molecule has 340 valence electrons. The van der Waals surface area contributed by atoms with E-state index in [1.165, 1.54) is 40.6 Å². The fourth-order valence-electron chi connectivity index (χ4n) is 8.82. The van der Waals surface area contributed by atoms with Crippen LogP contribution in [0, 0.1) is 5.92 Å². The second-order valence-electron chi connectivity index (χ2n) is 15.4. The molecule has 0 aromatic heterocycles. The van der Waals surface area contributed by atoms with Crippen LogP contribution in [0.25, 0.3) is 0 Å². The van der Waals surface area contributed by atoms with Crippen molar-refractivity contribution < 1.29 is 72.0 Å². The third-order valence-electron chi connectivity index (χ3n) is 11.8. The van der Waals surface area contributed by atoms with E-state index in [1.807, 2.05) is 6.07 Å². The van der Waals surface area contributed by atoms with Gasteiger partial charge in [0.25, 0.3) is 6.29 Å². The van der Waals surface area contributed by atoms with Crippen LogP contribution < -0.4 is 18.9 Å². The molecule has 5 aromatic rings. The zero-order chi connectivity index (χ0) is 46.0. The maximum absolute atomic E-state index is 13.7. The number of halogens is 2. The van der Waals surface area contributed by atoms with Gasteiger partial charge in [0.05, 0.1) is 50.5 Å². The summed E-state index contributed by atoms with van der Waals surface area (Å²) in [7, 11) is 5.50. The lowest BCUT2D eigenvalue weighted by Crippen LogP contribution is -2.53. The first-order valence-electron chi connectivity index (χ1n) is 20.3. The van der Waals surface area contributed by atoms with Gasteiger partial charge < -0.3 is 57.6 Å². The highest BCUT2D eigenvalue weighted by Gasteiger charge is 2.78. The Bertz CT molecular complexity index is 2510. The molecule has 8 rings (SSSR count). The summed E-state index contributed by atoms with van der Waals surface area (Å²) in [6, 6.07) is 31.8. The smallest absolute Gasteiger partial charge is 0.338 e. The van der Waals surface area contributed by atoms with Crippen molar-refractivity contribution in [1.29, 1.82) is 0 Å². The van der Waals surface area contributed by atoms with E-state index >= 15 is 0 Å². The third-order valence-corrected chi connectivity index (χ3v) is 12.9. The van der Waals surface area contributed by atoms with Gasteiger partial charge in [-0.05, 0) is 71.8 Å². The summed E-state index contributed by atoms with van der Waals surface area (Å²) in [6.45, 7) is -0.583. The Morgan fingerprint density at radius 2 is 1.43 bits per heavy atom. The summed E-state index contributed by atoms with van der Waals surface area (Å²) >= 11 is 6.73. The van der Waals surface area contributed by atoms with Crippen LogP contribution in [-0.2, 0) is 44.4 Å². The molecular formula is C48H44Br2O15. The number of methoxy groups -OCH3 is 4. The number of carbonyl (C=O) groups is 3. The molecule has 1 saturated heterocycles. The minimum Gasteiger partial charge on any atom is -0.497 e. The predicted molar refractivity (Wildman–Crippen MR) is 237 cm³/mol. The van der Waals surface area contributed by atoms with Crippen molar-refractivity contribution >= 4 is 49.8 Å². The van der Waals surface area contributed by atoms with Gasteiger partial charge in [-0.1, -0.05) is 74.3 Å². The summed E-state index contributed by atoms with van der Waals surface area (Å²) in [4.78, 5) is 40.3. The Morgan fingerprint density at radius 3 is 2.03 bits per heavy atom. The highest BCUT2D eigenvalue weighted by Crippen LogP contribution is 2.70. The average molecular weight is 1020 g/mol. The lowest BCUT2D eigenvalue weighted by Gasteiger charge is -2.40. The van der Waals surface area contributed by atoms with Gasteiger partial charge >= 0.3 is 17.9 Å². The van der Waals surface area contributed by atoms with E-state index < -0.39 is 78.4 Å². The fourth-order valence-corrected chi connectivity index (χ4v) is 9.35. The van der Waals surface area contributed by atoms with Crippen LogP contribution in [-0.4, -0.2) is 101 Å². The summed E-state index contributed by atoms with van der Waals surface area (Å²) in [5.74, 6) is -3.76. The molecule has 0 spiro atoms. The monoisotopic (exact) mass is 1020 g/mol. The van der Waals surface area contributed by atoms with Gasteiger partial charge in [0.15, 0.2) is 17.3 Å². The van der Waals surface area contributed by atoms with Crippen LogP contribution >= 0.6 is 31.9 Å². The molecule has 3 aliphatic rings. The molecule has 1 saturated carbocycles. The molecule has 1 aliphatic carbocycles. The van der Waals surface area contributed by atoms with Gasteiger partial charge in [-0.25, -0.2) is 9.59 Å². The van der Waals surface area contributed by atoms with E-state index in [4.69, 9.17) is 47.4 Å². The number of hydrogen-bond acceptors (Lipinski definition) is 15. The first kappa shape index (κ1) is 46.0. The molecule has 17 heteroatoms. The van der Waals surface area contributed by atoms with Gasteiger partial charge in [-0.3, -0.25) is 4.79 Å². The minimum atomic E-state index is -2.33. The first-order valence-corrected chi connectivity index (χ1v) is 21.9. The van der Waals surface area contributed by atoms with E-state index in [-0.39, 0.29) is 40.5 Å². The molecule has 2 fully saturated rings. The summed E-state index contributed by atoms with van der Waals surface area (Å²) in [5.41, 5.74) is -2.64. The number of benzene rings is 5. The SMILES string of the molecule is COC(=O)[C@H]1[C@@H](O)[C@@]2(O)c3c(OC)cc(O[C@@H]4O[C@@H]([C@@H](COC(=O)c5ccc(Br)cc5)OC(=O)c5ccc(Br)cc5)CO[C@H]4OC)cc3O[C@@]2(c2ccc(OC)cc2)[C@@H]1c1ccccc1. The van der Waals surface area contributed by atoms with Crippen molar-refractivity contribution in [1.82, 2.24) is 0 Å². The molecule has 0 radical (unpaired) electrons. The normalized spacial score (nSPS) is 25.8. The van der Waals surface area contributed by atoms with E-state index in [1.54, 1.807) is 97.1 Å². The number of aliphatic hydroxyl groups is 2. The van der Waals surface area contributed by atoms with Gasteiger partial charge in [-0.2, -0.15) is 0 Å². The summed E-state index contributed by atoms with van der Waals surface area (Å²) in [5, 5.41) is 25.6. The third kappa shape index (κ3) is 8.46. The largest absolute Gasteiger partial charge is 0.497 e. The van der Waals surface area contributed by atoms with Crippen molar-refractivity contribution in [2.45, 2.75) is 48.0 Å². The second-order valence-corrected chi connectivity index (χ2v) is 17.2. The standard InChI is InChI=1S/C48H44Br2O15/c1-56-32-20-14-29(15-21-32)48-39(26-8-6-5-7-9-26)38(44(54)58-3)41(51)47(48,55)40-34(57-2)22-33(23-35(40)65-48)62-46-45(59-4)61-25-37(64-46)36(63-43(53)28-12-18-31(50)19-13-28)24-60-42(52)27-10-16-30(49)17-11-27/h5-23,36-39,41,45-46,51,55H,24-25H2,1-4H3/t36-,37-,38-,39-,41-,45-,46-,47+,48+/m1/s1. The van der Waals surface area contributed by atoms with Gasteiger partial charge in [0, 0.05) is 34.1 Å². The highest BCUT2D eigenvalue weighted by atomic mass is 79.9. The van der Waals surface area contributed by atoms with Crippen LogP contribution in [0.1, 0.15) is 43.3 Å². The molecular weight excluding hydrogens is 976 g/mol. The Balaban J connectivity index is 1.15. The number of fused-ring (bicyclic) bond motifs is 3. The molecule has 2 N–H and O–H groups in total. The van der Waals surface area contributed by atoms with Gasteiger partial charge in [-0.15, -0.1) is 0 Å². The molecule has 2 aliphatic heterocycles. The molecule has 65 heavy (non-hydrogen) atoms. The van der Waals surface area contributed by atoms with Crippen LogP contribution in [0.4, 0.5) is 0 Å². The number of ether oxygens (including phenoxy) is 10. The predicted octanol–water partition coefficient (Wildman–Crippen LogP) is 6.83. The number of aliphatic hydroxyl groups excluding tert-OH is 1. The summed E-state index contributed by atoms with van der Waals surface area (Å²) in [6.07, 6.45) is -6.52. The number of carbonyl (C=O) groups excluding carboxylic acids is 3. The molecule has 2 heterocycles. The van der Waals surface area contributed by atoms with E-state index in [0.717, 1.165) is 8.95 Å². The molecule has 0 unspecified atom stereocenters. The summed E-state index contributed by atoms with van der Waals surface area (Å²) < 4.78 is 61.2. The first-order chi connectivity index (χ1) is 31.4. The Labute approximate surface area is 390 Å². The van der Waals surface area contributed by atoms with Crippen molar-refractivity contribution in [2.24, 2.45) is 5.92 Å². The molecule has 0 amide bonds. The van der Waals surface area contributed by atoms with Crippen molar-refractivity contribution in [2.75, 3.05) is 41.7 Å². The molecule has 0 bridgehead atoms. The number of rotatable bonds is 14. The van der Waals surface area contributed by atoms with E-state index in [2.05, 4.69) is 31.9 Å². The average Bonchev–Trinajstić information content (AvgIpc) is 3.71. The Hall–Kier alpha value is -5.53. The van der Waals surface area contributed by atoms with Crippen LogP contribution in [0.15, 0.2) is 124 Å². The quantitative estimate of drug-likeness (QED) is 0.0872. The van der Waals surface area contributed by atoms with Crippen LogP contribution in [0.3, 0.4) is 0 Å². The van der Waals surface area contributed by atoms with Crippen LogP contribution in [0.5, 0.6) is 23.0 Å². The number of hydrogen-bond donors (Lipinski definition) is 2. The Morgan fingerprint density at radius 1 is 0.785 bits per heavy atom. The maximum atomic E-state index is 13.7. The molecule has 15 nitrogen and oxygen atoms in total. The highest BCUT2D eigenvalue weighted by molar-refractivity contribution is 9.10. The van der Waals surface area contributed by atoms with E-state index in [9.17, 15) is 24.6 Å². The lowest BCUT2D eigenvalue weighted by molar-refractivity contribution is -0.323. The second kappa shape index (κ2) is 19.1. The Kier molecular flexibility index (Phi) is 13.5. The molecule has 9 atom stereocenters. The van der Waals surface area contributed by atoms with Crippen molar-refractivity contribution in [3.05, 3.63) is 152 Å². The lowest BCUT2D eigenvalue weighted by atomic mass is 9.70. The zero-order valence-corrected chi connectivity index (χ0v) is 38.6. The van der Waals surface area contributed by atoms with Crippen molar-refractivity contribution in [3.8, 4) is 23.0 Å². The van der Waals surface area contributed by atoms with E-state index in [0.29, 0.717) is 16.9 Å². The maximum Gasteiger partial charge on any atom is 0.338 e. The fraction of sp³-hybridized carbons (Fsp3) is 0.312. The number of esters is 3. The zero-order valence-electron chi connectivity index (χ0n) is 35.4. The van der Waals surface area contributed by atoms with Crippen LogP contribution in [0.2, 0.25) is 0 Å². The van der Waals surface area contributed by atoms with Gasteiger partial charge in [0.1, 0.15) is 41.8 Å². The molecule has 5 aromatic carbocycles. The van der Waals surface area contributed by atoms with Crippen molar-refractivity contribution in [3.63, 3.8) is 0 Å². The topological polar surface area (TPSA) is 184 Å².